The third-order valence-electron chi connectivity index (χ3n) is 2.93. The first kappa shape index (κ1) is 17.7. The Bertz CT molecular complexity index is 393. The van der Waals surface area contributed by atoms with Crippen LogP contribution in [0.5, 0.6) is 0 Å². The van der Waals surface area contributed by atoms with Gasteiger partial charge in [-0.25, -0.2) is 4.79 Å². The molecule has 0 saturated heterocycles. The summed E-state index contributed by atoms with van der Waals surface area (Å²) >= 11 is 0. The fourth-order valence-electron chi connectivity index (χ4n) is 1.26. The van der Waals surface area contributed by atoms with Gasteiger partial charge in [0, 0.05) is 6.08 Å². The van der Waals surface area contributed by atoms with Crippen molar-refractivity contribution in [1.29, 1.82) is 0 Å². The van der Waals surface area contributed by atoms with Crippen LogP contribution in [0.4, 0.5) is 0 Å². The average Bonchev–Trinajstić information content (AvgIpc) is 2.77. The summed E-state index contributed by atoms with van der Waals surface area (Å²) in [5, 5.41) is 0. The van der Waals surface area contributed by atoms with E-state index in [2.05, 4.69) is 27.8 Å². The molecule has 0 spiro atoms. The molecule has 1 heterocycles. The Labute approximate surface area is 120 Å². The molecule has 19 heavy (non-hydrogen) atoms. The topological polar surface area (TPSA) is 43.9 Å². The summed E-state index contributed by atoms with van der Waals surface area (Å²) < 4.78 is 10.2. The van der Waals surface area contributed by atoms with Crippen molar-refractivity contribution in [1.82, 2.24) is 0 Å². The Morgan fingerprint density at radius 1 is 1.47 bits per heavy atom. The van der Waals surface area contributed by atoms with E-state index in [1.807, 2.05) is 0 Å². The van der Waals surface area contributed by atoms with Gasteiger partial charge in [0.15, 0.2) is 0 Å². The Balaban J connectivity index is 0.00000324. The standard InChI is InChI=1S/C14H21NO3.ClH/c1-14(2,3)15(4)9-11-18-13(16)8-7-12-6-5-10-17-12;/h5-8,10H,9,11H2,1-4H3;1H/b8-7+;. The Hall–Kier alpha value is -1.26. The van der Waals surface area contributed by atoms with E-state index in [1.54, 1.807) is 24.5 Å². The summed E-state index contributed by atoms with van der Waals surface area (Å²) in [5.41, 5.74) is 0.163. The summed E-state index contributed by atoms with van der Waals surface area (Å²) in [6.45, 7) is 7.68. The number of carbonyl (C=O) groups is 1. The number of likely N-dealkylation sites (N-methyl/N-ethyl adjacent to an activating group) is 1. The lowest BCUT2D eigenvalue weighted by molar-refractivity contribution is -0.927. The zero-order valence-electron chi connectivity index (χ0n) is 11.9. The van der Waals surface area contributed by atoms with E-state index in [0.29, 0.717) is 12.4 Å². The molecule has 0 aliphatic rings. The van der Waals surface area contributed by atoms with E-state index in [1.165, 1.54) is 11.0 Å². The maximum absolute atomic E-state index is 11.4. The summed E-state index contributed by atoms with van der Waals surface area (Å²) in [6, 6.07) is 3.55. The van der Waals surface area contributed by atoms with Gasteiger partial charge in [0.25, 0.3) is 0 Å². The van der Waals surface area contributed by atoms with Crippen LogP contribution in [0.2, 0.25) is 0 Å². The van der Waals surface area contributed by atoms with Crippen molar-refractivity contribution in [2.45, 2.75) is 26.3 Å². The molecule has 0 aliphatic heterocycles. The molecule has 0 aromatic carbocycles. The van der Waals surface area contributed by atoms with Crippen molar-refractivity contribution < 1.29 is 31.3 Å². The number of furan rings is 1. The average molecular weight is 288 g/mol. The highest BCUT2D eigenvalue weighted by Gasteiger charge is 2.20. The minimum Gasteiger partial charge on any atom is -1.00 e. The van der Waals surface area contributed by atoms with Crippen LogP contribution in [-0.2, 0) is 9.53 Å². The van der Waals surface area contributed by atoms with Crippen LogP contribution in [0, 0.1) is 0 Å². The highest BCUT2D eigenvalue weighted by Crippen LogP contribution is 2.02. The zero-order chi connectivity index (χ0) is 13.6. The van der Waals surface area contributed by atoms with Crippen LogP contribution in [-0.4, -0.2) is 31.7 Å². The second-order valence-corrected chi connectivity index (χ2v) is 5.30. The number of quaternary nitrogens is 1. The number of rotatable bonds is 5. The molecule has 0 amide bonds. The molecule has 0 radical (unpaired) electrons. The van der Waals surface area contributed by atoms with Gasteiger partial charge in [-0.3, -0.25) is 0 Å². The van der Waals surface area contributed by atoms with Gasteiger partial charge in [0.2, 0.25) is 0 Å². The van der Waals surface area contributed by atoms with Crippen molar-refractivity contribution in [2.24, 2.45) is 0 Å². The lowest BCUT2D eigenvalue weighted by Gasteiger charge is -2.28. The molecule has 0 aliphatic carbocycles. The molecule has 4 nitrogen and oxygen atoms in total. The maximum Gasteiger partial charge on any atom is 0.331 e. The molecule has 1 N–H and O–H groups in total. The number of carbonyl (C=O) groups excluding carboxylic acids is 1. The van der Waals surface area contributed by atoms with Crippen molar-refractivity contribution >= 4 is 12.0 Å². The fraction of sp³-hybridized carbons (Fsp3) is 0.500. The number of hydrogen-bond acceptors (Lipinski definition) is 3. The monoisotopic (exact) mass is 287 g/mol. The summed E-state index contributed by atoms with van der Waals surface area (Å²) in [6.07, 6.45) is 4.54. The van der Waals surface area contributed by atoms with Crippen molar-refractivity contribution in [3.63, 3.8) is 0 Å². The minimum absolute atomic E-state index is 0. The zero-order valence-corrected chi connectivity index (χ0v) is 12.7. The predicted octanol–water partition coefficient (Wildman–Crippen LogP) is -1.85. The fourth-order valence-corrected chi connectivity index (χ4v) is 1.26. The molecular weight excluding hydrogens is 266 g/mol. The van der Waals surface area contributed by atoms with Crippen LogP contribution < -0.4 is 17.3 Å². The van der Waals surface area contributed by atoms with E-state index in [-0.39, 0.29) is 23.9 Å². The van der Waals surface area contributed by atoms with Crippen LogP contribution in [0.1, 0.15) is 26.5 Å². The number of halogens is 1. The molecule has 1 aromatic rings. The lowest BCUT2D eigenvalue weighted by Crippen LogP contribution is -3.16. The number of esters is 1. The van der Waals surface area contributed by atoms with E-state index in [9.17, 15) is 4.79 Å². The van der Waals surface area contributed by atoms with Gasteiger partial charge >= 0.3 is 5.97 Å². The minimum atomic E-state index is -0.340. The molecular formula is C14H22ClNO3. The Kier molecular flexibility index (Phi) is 7.49. The smallest absolute Gasteiger partial charge is 0.331 e. The second-order valence-electron chi connectivity index (χ2n) is 5.30. The SMILES string of the molecule is C[NH+](CCOC(=O)/C=C/c1ccco1)C(C)(C)C.[Cl-]. The summed E-state index contributed by atoms with van der Waals surface area (Å²) in [5.74, 6) is 0.303. The number of hydrogen-bond donors (Lipinski definition) is 1. The molecule has 108 valence electrons. The first-order chi connectivity index (χ1) is 8.39. The maximum atomic E-state index is 11.4. The van der Waals surface area contributed by atoms with Crippen LogP contribution in [0.25, 0.3) is 6.08 Å². The van der Waals surface area contributed by atoms with Crippen molar-refractivity contribution in [3.05, 3.63) is 30.2 Å². The second kappa shape index (κ2) is 8.02. The van der Waals surface area contributed by atoms with E-state index < -0.39 is 0 Å². The predicted molar refractivity (Wildman–Crippen MR) is 70.2 cm³/mol. The molecule has 1 rings (SSSR count). The first-order valence-corrected chi connectivity index (χ1v) is 6.11. The third-order valence-corrected chi connectivity index (χ3v) is 2.93. The molecule has 0 fully saturated rings. The highest BCUT2D eigenvalue weighted by atomic mass is 35.5. The van der Waals surface area contributed by atoms with Gasteiger partial charge < -0.3 is 26.5 Å². The molecule has 1 aromatic heterocycles. The van der Waals surface area contributed by atoms with Crippen molar-refractivity contribution in [2.75, 3.05) is 20.2 Å². The third kappa shape index (κ3) is 7.03. The first-order valence-electron chi connectivity index (χ1n) is 6.11. The summed E-state index contributed by atoms with van der Waals surface area (Å²) in [7, 11) is 2.09. The molecule has 5 heteroatoms. The van der Waals surface area contributed by atoms with Crippen LogP contribution in [0.15, 0.2) is 28.9 Å². The Morgan fingerprint density at radius 3 is 2.68 bits per heavy atom. The van der Waals surface area contributed by atoms with E-state index in [4.69, 9.17) is 9.15 Å². The van der Waals surface area contributed by atoms with E-state index >= 15 is 0 Å². The molecule has 0 saturated carbocycles. The largest absolute Gasteiger partial charge is 1.00 e. The van der Waals surface area contributed by atoms with E-state index in [0.717, 1.165) is 6.54 Å². The highest BCUT2D eigenvalue weighted by molar-refractivity contribution is 5.86. The van der Waals surface area contributed by atoms with Crippen molar-refractivity contribution in [3.8, 4) is 0 Å². The van der Waals surface area contributed by atoms with Gasteiger partial charge in [-0.1, -0.05) is 0 Å². The van der Waals surface area contributed by atoms with Gasteiger partial charge in [0.1, 0.15) is 18.9 Å². The summed E-state index contributed by atoms with van der Waals surface area (Å²) in [4.78, 5) is 12.7. The Morgan fingerprint density at radius 2 is 2.16 bits per heavy atom. The van der Waals surface area contributed by atoms with Crippen LogP contribution >= 0.6 is 0 Å². The molecule has 1 atom stereocenters. The van der Waals surface area contributed by atoms with Crippen LogP contribution in [0.3, 0.4) is 0 Å². The molecule has 1 unspecified atom stereocenters. The number of nitrogens with one attached hydrogen (secondary N) is 1. The van der Waals surface area contributed by atoms with Gasteiger partial charge in [-0.05, 0) is 39.0 Å². The normalized spacial score (nSPS) is 13.1. The quantitative estimate of drug-likeness (QED) is 0.511. The van der Waals surface area contributed by atoms with Gasteiger partial charge in [-0.15, -0.1) is 0 Å². The lowest BCUT2D eigenvalue weighted by atomic mass is 10.1. The molecule has 0 bridgehead atoms. The van der Waals surface area contributed by atoms with Gasteiger partial charge in [-0.2, -0.15) is 0 Å². The number of ether oxygens (including phenoxy) is 1. The van der Waals surface area contributed by atoms with Gasteiger partial charge in [0.05, 0.1) is 18.8 Å².